The predicted molar refractivity (Wildman–Crippen MR) is 88.0 cm³/mol. The van der Waals surface area contributed by atoms with Crippen LogP contribution in [0.3, 0.4) is 0 Å². The average Bonchev–Trinajstić information content (AvgIpc) is 2.54. The third kappa shape index (κ3) is 1.93. The smallest absolute Gasteiger partial charge is 0.259 e. The highest BCUT2D eigenvalue weighted by molar-refractivity contribution is 6.08. The van der Waals surface area contributed by atoms with E-state index in [2.05, 4.69) is 6.58 Å². The average molecular weight is 279 g/mol. The minimum atomic E-state index is 0.00759. The normalized spacial score (nSPS) is 11.0. The Bertz CT molecular complexity index is 906. The standard InChI is InChI=1S/C18H17NO2/c1-4-12-7-6-8-15-14-10-9-13(21-3)11-16(14)18(20)19(5-2)17(12)15/h4,6-11H,1,5H2,2-3H3. The van der Waals surface area contributed by atoms with Crippen molar-refractivity contribution in [2.75, 3.05) is 7.11 Å². The topological polar surface area (TPSA) is 31.2 Å². The van der Waals surface area contributed by atoms with Gasteiger partial charge in [0.1, 0.15) is 5.75 Å². The van der Waals surface area contributed by atoms with Crippen molar-refractivity contribution in [3.05, 3.63) is 58.9 Å². The Morgan fingerprint density at radius 1 is 1.19 bits per heavy atom. The van der Waals surface area contributed by atoms with Gasteiger partial charge in [-0.1, -0.05) is 30.9 Å². The molecule has 0 radical (unpaired) electrons. The van der Waals surface area contributed by atoms with Gasteiger partial charge in [-0.05, 0) is 36.1 Å². The van der Waals surface area contributed by atoms with E-state index in [0.29, 0.717) is 17.7 Å². The summed E-state index contributed by atoms with van der Waals surface area (Å²) in [7, 11) is 1.61. The number of ether oxygens (including phenoxy) is 1. The van der Waals surface area contributed by atoms with E-state index in [-0.39, 0.29) is 5.56 Å². The molecule has 2 aromatic carbocycles. The van der Waals surface area contributed by atoms with Gasteiger partial charge < -0.3 is 9.30 Å². The van der Waals surface area contributed by atoms with E-state index >= 15 is 0 Å². The minimum absolute atomic E-state index is 0.00759. The second-order valence-corrected chi connectivity index (χ2v) is 4.91. The van der Waals surface area contributed by atoms with E-state index in [9.17, 15) is 4.79 Å². The fourth-order valence-corrected chi connectivity index (χ4v) is 2.86. The molecule has 0 atom stereocenters. The maximum Gasteiger partial charge on any atom is 0.259 e. The van der Waals surface area contributed by atoms with Crippen LogP contribution < -0.4 is 10.3 Å². The summed E-state index contributed by atoms with van der Waals surface area (Å²) in [5, 5.41) is 2.70. The van der Waals surface area contributed by atoms with Crippen LogP contribution >= 0.6 is 0 Å². The monoisotopic (exact) mass is 279 g/mol. The van der Waals surface area contributed by atoms with Gasteiger partial charge in [0.05, 0.1) is 18.0 Å². The summed E-state index contributed by atoms with van der Waals surface area (Å²) in [5.74, 6) is 0.696. The SMILES string of the molecule is C=Cc1cccc2c3ccc(OC)cc3c(=O)n(CC)c12. The Labute approximate surface area is 123 Å². The van der Waals surface area contributed by atoms with Crippen LogP contribution in [0.15, 0.2) is 47.8 Å². The molecule has 3 aromatic rings. The molecule has 0 aliphatic heterocycles. The quantitative estimate of drug-likeness (QED) is 0.682. The molecule has 0 amide bonds. The van der Waals surface area contributed by atoms with Crippen molar-refractivity contribution < 1.29 is 4.74 Å². The third-order valence-electron chi connectivity index (χ3n) is 3.87. The number of hydrogen-bond donors (Lipinski definition) is 0. The highest BCUT2D eigenvalue weighted by Crippen LogP contribution is 2.28. The molecule has 1 heterocycles. The van der Waals surface area contributed by atoms with Crippen LogP contribution in [0.2, 0.25) is 0 Å². The summed E-state index contributed by atoms with van der Waals surface area (Å²) in [6.07, 6.45) is 1.79. The summed E-state index contributed by atoms with van der Waals surface area (Å²) in [6.45, 7) is 6.46. The Morgan fingerprint density at radius 2 is 2.00 bits per heavy atom. The van der Waals surface area contributed by atoms with Crippen LogP contribution in [0.4, 0.5) is 0 Å². The Hall–Kier alpha value is -2.55. The molecule has 0 N–H and O–H groups in total. The lowest BCUT2D eigenvalue weighted by Crippen LogP contribution is -2.20. The number of rotatable bonds is 3. The molecule has 0 bridgehead atoms. The van der Waals surface area contributed by atoms with Gasteiger partial charge in [0.15, 0.2) is 0 Å². The van der Waals surface area contributed by atoms with Crippen molar-refractivity contribution in [3.8, 4) is 5.75 Å². The molecule has 0 aliphatic carbocycles. The maximum absolute atomic E-state index is 12.8. The van der Waals surface area contributed by atoms with Gasteiger partial charge in [-0.3, -0.25) is 4.79 Å². The Kier molecular flexibility index (Phi) is 3.26. The molecule has 3 heteroatoms. The van der Waals surface area contributed by atoms with Crippen molar-refractivity contribution >= 4 is 27.8 Å². The number of pyridine rings is 1. The van der Waals surface area contributed by atoms with E-state index in [1.165, 1.54) is 0 Å². The first kappa shape index (κ1) is 13.4. The first-order chi connectivity index (χ1) is 10.2. The van der Waals surface area contributed by atoms with Gasteiger partial charge in [-0.15, -0.1) is 0 Å². The fraction of sp³-hybridized carbons (Fsp3) is 0.167. The van der Waals surface area contributed by atoms with Crippen molar-refractivity contribution in [2.24, 2.45) is 0 Å². The number of nitrogens with zero attached hydrogens (tertiary/aromatic N) is 1. The zero-order chi connectivity index (χ0) is 15.0. The molecule has 0 saturated heterocycles. The van der Waals surface area contributed by atoms with E-state index in [1.54, 1.807) is 17.8 Å². The lowest BCUT2D eigenvalue weighted by Gasteiger charge is -2.14. The summed E-state index contributed by atoms with van der Waals surface area (Å²) in [6, 6.07) is 11.7. The van der Waals surface area contributed by atoms with Crippen molar-refractivity contribution in [1.29, 1.82) is 0 Å². The Morgan fingerprint density at radius 3 is 2.67 bits per heavy atom. The molecular formula is C18H17NO2. The highest BCUT2D eigenvalue weighted by Gasteiger charge is 2.12. The minimum Gasteiger partial charge on any atom is -0.497 e. The summed E-state index contributed by atoms with van der Waals surface area (Å²) >= 11 is 0. The summed E-state index contributed by atoms with van der Waals surface area (Å²) < 4.78 is 7.04. The van der Waals surface area contributed by atoms with E-state index in [1.807, 2.05) is 43.3 Å². The van der Waals surface area contributed by atoms with E-state index in [4.69, 9.17) is 4.74 Å². The zero-order valence-electron chi connectivity index (χ0n) is 12.2. The second kappa shape index (κ2) is 5.09. The van der Waals surface area contributed by atoms with Crippen LogP contribution in [0.1, 0.15) is 12.5 Å². The number of para-hydroxylation sites is 1. The van der Waals surface area contributed by atoms with Crippen LogP contribution in [-0.4, -0.2) is 11.7 Å². The fourth-order valence-electron chi connectivity index (χ4n) is 2.86. The van der Waals surface area contributed by atoms with Gasteiger partial charge in [0.2, 0.25) is 0 Å². The van der Waals surface area contributed by atoms with Gasteiger partial charge in [-0.25, -0.2) is 0 Å². The number of fused-ring (bicyclic) bond motifs is 3. The highest BCUT2D eigenvalue weighted by atomic mass is 16.5. The molecule has 0 aliphatic rings. The third-order valence-corrected chi connectivity index (χ3v) is 3.87. The second-order valence-electron chi connectivity index (χ2n) is 4.91. The molecular weight excluding hydrogens is 262 g/mol. The zero-order valence-corrected chi connectivity index (χ0v) is 12.2. The van der Waals surface area contributed by atoms with Gasteiger partial charge >= 0.3 is 0 Å². The molecule has 0 saturated carbocycles. The first-order valence-corrected chi connectivity index (χ1v) is 6.97. The summed E-state index contributed by atoms with van der Waals surface area (Å²) in [5.41, 5.74) is 1.93. The van der Waals surface area contributed by atoms with Gasteiger partial charge in [0, 0.05) is 11.9 Å². The molecule has 3 nitrogen and oxygen atoms in total. The number of methoxy groups -OCH3 is 1. The molecule has 21 heavy (non-hydrogen) atoms. The number of benzene rings is 2. The lowest BCUT2D eigenvalue weighted by molar-refractivity contribution is 0.415. The van der Waals surface area contributed by atoms with Crippen molar-refractivity contribution in [1.82, 2.24) is 4.57 Å². The maximum atomic E-state index is 12.8. The van der Waals surface area contributed by atoms with Gasteiger partial charge in [0.25, 0.3) is 5.56 Å². The van der Waals surface area contributed by atoms with Crippen LogP contribution in [-0.2, 0) is 6.54 Å². The molecule has 0 fully saturated rings. The molecule has 3 rings (SSSR count). The van der Waals surface area contributed by atoms with E-state index in [0.717, 1.165) is 21.9 Å². The molecule has 106 valence electrons. The van der Waals surface area contributed by atoms with Gasteiger partial charge in [-0.2, -0.15) is 0 Å². The molecule has 0 unspecified atom stereocenters. The van der Waals surface area contributed by atoms with Crippen LogP contribution in [0, 0.1) is 0 Å². The predicted octanol–water partition coefficient (Wildman–Crippen LogP) is 3.83. The molecule has 1 aromatic heterocycles. The van der Waals surface area contributed by atoms with Crippen LogP contribution in [0.5, 0.6) is 5.75 Å². The largest absolute Gasteiger partial charge is 0.497 e. The van der Waals surface area contributed by atoms with Crippen LogP contribution in [0.25, 0.3) is 27.8 Å². The number of aryl methyl sites for hydroxylation is 1. The summed E-state index contributed by atoms with van der Waals surface area (Å²) in [4.78, 5) is 12.8. The number of aromatic nitrogens is 1. The van der Waals surface area contributed by atoms with E-state index < -0.39 is 0 Å². The van der Waals surface area contributed by atoms with Crippen molar-refractivity contribution in [3.63, 3.8) is 0 Å². The Balaban J connectivity index is 2.62. The lowest BCUT2D eigenvalue weighted by atomic mass is 10.0. The molecule has 0 spiro atoms. The number of hydrogen-bond acceptors (Lipinski definition) is 2. The first-order valence-electron chi connectivity index (χ1n) is 6.97. The van der Waals surface area contributed by atoms with Crippen molar-refractivity contribution in [2.45, 2.75) is 13.5 Å².